The third-order valence-electron chi connectivity index (χ3n) is 3.98. The Morgan fingerprint density at radius 3 is 2.80 bits per heavy atom. The van der Waals surface area contributed by atoms with Gasteiger partial charge in [0.2, 0.25) is 0 Å². The molecule has 2 heterocycles. The third kappa shape index (κ3) is 3.41. The highest BCUT2D eigenvalue weighted by Crippen LogP contribution is 2.24. The molecule has 0 N–H and O–H groups in total. The normalized spacial score (nSPS) is 18.9. The molecule has 3 heteroatoms. The Bertz CT molecular complexity index is 509. The minimum absolute atomic E-state index is 0.792. The molecule has 0 saturated carbocycles. The summed E-state index contributed by atoms with van der Waals surface area (Å²) in [4.78, 5) is 6.44. The zero-order chi connectivity index (χ0) is 13.8. The summed E-state index contributed by atoms with van der Waals surface area (Å²) >= 11 is 1.85. The fraction of sp³-hybridized carbons (Fsp3) is 0.412. The molecule has 2 nitrogen and oxygen atoms in total. The fourth-order valence-electron chi connectivity index (χ4n) is 3.03. The van der Waals surface area contributed by atoms with Crippen LogP contribution in [0.25, 0.3) is 0 Å². The van der Waals surface area contributed by atoms with Gasteiger partial charge in [-0.15, -0.1) is 11.3 Å². The number of benzene rings is 1. The van der Waals surface area contributed by atoms with Gasteiger partial charge >= 0.3 is 0 Å². The van der Waals surface area contributed by atoms with Crippen LogP contribution in [0, 0.1) is 5.92 Å². The Balaban J connectivity index is 1.50. The molecule has 0 bridgehead atoms. The summed E-state index contributed by atoms with van der Waals surface area (Å²) in [6.07, 6.45) is 1.31. The summed E-state index contributed by atoms with van der Waals surface area (Å²) < 4.78 is 0. The van der Waals surface area contributed by atoms with E-state index in [9.17, 15) is 0 Å². The van der Waals surface area contributed by atoms with Gasteiger partial charge in [-0.3, -0.25) is 0 Å². The van der Waals surface area contributed by atoms with E-state index in [0.29, 0.717) is 0 Å². The van der Waals surface area contributed by atoms with Gasteiger partial charge in [-0.2, -0.15) is 0 Å². The second-order valence-electron chi connectivity index (χ2n) is 5.71. The zero-order valence-corrected chi connectivity index (χ0v) is 12.9. The van der Waals surface area contributed by atoms with Crippen LogP contribution in [0.1, 0.15) is 11.3 Å². The zero-order valence-electron chi connectivity index (χ0n) is 12.0. The molecule has 0 aliphatic carbocycles. The highest BCUT2D eigenvalue weighted by atomic mass is 32.1. The minimum Gasteiger partial charge on any atom is -0.371 e. The molecule has 1 aliphatic heterocycles. The Labute approximate surface area is 125 Å². The first-order valence-corrected chi connectivity index (χ1v) is 8.20. The largest absolute Gasteiger partial charge is 0.371 e. The smallest absolute Gasteiger partial charge is 0.0366 e. The van der Waals surface area contributed by atoms with E-state index >= 15 is 0 Å². The van der Waals surface area contributed by atoms with Crippen molar-refractivity contribution in [1.29, 1.82) is 0 Å². The van der Waals surface area contributed by atoms with Crippen LogP contribution in [0.2, 0.25) is 0 Å². The molecule has 0 amide bonds. The fourth-order valence-corrected chi connectivity index (χ4v) is 3.81. The highest BCUT2D eigenvalue weighted by Gasteiger charge is 2.23. The SMILES string of the molecule is CN(Cc1cccs1)C[C@@H]1CCN(c2ccccc2)C1. The summed E-state index contributed by atoms with van der Waals surface area (Å²) in [5, 5.41) is 2.16. The Hall–Kier alpha value is -1.32. The van der Waals surface area contributed by atoms with E-state index in [2.05, 4.69) is 64.7 Å². The van der Waals surface area contributed by atoms with Crippen molar-refractivity contribution in [3.05, 3.63) is 52.7 Å². The summed E-state index contributed by atoms with van der Waals surface area (Å²) in [7, 11) is 2.24. The van der Waals surface area contributed by atoms with Crippen molar-refractivity contribution in [3.63, 3.8) is 0 Å². The molecule has 0 unspecified atom stereocenters. The lowest BCUT2D eigenvalue weighted by Crippen LogP contribution is -2.27. The topological polar surface area (TPSA) is 6.48 Å². The van der Waals surface area contributed by atoms with Gasteiger partial charge in [0.15, 0.2) is 0 Å². The van der Waals surface area contributed by atoms with Crippen LogP contribution in [-0.4, -0.2) is 31.6 Å². The molecule has 1 saturated heterocycles. The van der Waals surface area contributed by atoms with E-state index in [1.165, 1.54) is 36.6 Å². The molecule has 1 aliphatic rings. The van der Waals surface area contributed by atoms with E-state index < -0.39 is 0 Å². The summed E-state index contributed by atoms with van der Waals surface area (Å²) in [6, 6.07) is 15.2. The predicted molar refractivity (Wildman–Crippen MR) is 87.4 cm³/mol. The number of anilines is 1. The van der Waals surface area contributed by atoms with Gasteiger partial charge in [-0.1, -0.05) is 24.3 Å². The molecule has 106 valence electrons. The number of rotatable bonds is 5. The Morgan fingerprint density at radius 1 is 1.20 bits per heavy atom. The summed E-state index contributed by atoms with van der Waals surface area (Å²) in [5.41, 5.74) is 1.37. The molecule has 0 radical (unpaired) electrons. The average Bonchev–Trinajstić information content (AvgIpc) is 3.11. The second-order valence-corrected chi connectivity index (χ2v) is 6.74. The van der Waals surface area contributed by atoms with Crippen LogP contribution in [0.5, 0.6) is 0 Å². The molecule has 1 aromatic heterocycles. The monoisotopic (exact) mass is 286 g/mol. The maximum absolute atomic E-state index is 2.52. The molecule has 0 spiro atoms. The summed E-state index contributed by atoms with van der Waals surface area (Å²) in [5.74, 6) is 0.792. The first-order valence-electron chi connectivity index (χ1n) is 7.32. The molecule has 2 aromatic rings. The quantitative estimate of drug-likeness (QED) is 0.827. The standard InChI is InChI=1S/C17H22N2S/c1-18(14-17-8-5-11-20-17)12-15-9-10-19(13-15)16-6-3-2-4-7-16/h2-8,11,15H,9-10,12-14H2,1H3/t15-/m0/s1. The van der Waals surface area contributed by atoms with Crippen molar-refractivity contribution in [3.8, 4) is 0 Å². The molecule has 1 aromatic carbocycles. The lowest BCUT2D eigenvalue weighted by Gasteiger charge is -2.22. The molecule has 20 heavy (non-hydrogen) atoms. The first-order chi connectivity index (χ1) is 9.81. The van der Waals surface area contributed by atoms with Crippen molar-refractivity contribution in [1.82, 2.24) is 4.90 Å². The van der Waals surface area contributed by atoms with E-state index in [0.717, 1.165) is 12.5 Å². The number of para-hydroxylation sites is 1. The first kappa shape index (κ1) is 13.7. The minimum atomic E-state index is 0.792. The van der Waals surface area contributed by atoms with E-state index in [1.54, 1.807) is 0 Å². The highest BCUT2D eigenvalue weighted by molar-refractivity contribution is 7.09. The van der Waals surface area contributed by atoms with E-state index in [-0.39, 0.29) is 0 Å². The van der Waals surface area contributed by atoms with E-state index in [1.807, 2.05) is 11.3 Å². The van der Waals surface area contributed by atoms with Gasteiger partial charge in [0.25, 0.3) is 0 Å². The molecule has 3 rings (SSSR count). The third-order valence-corrected chi connectivity index (χ3v) is 4.84. The molecule has 1 atom stereocenters. The van der Waals surface area contributed by atoms with Gasteiger partial charge in [0, 0.05) is 36.7 Å². The van der Waals surface area contributed by atoms with Gasteiger partial charge in [-0.05, 0) is 43.0 Å². The number of nitrogens with zero attached hydrogens (tertiary/aromatic N) is 2. The van der Waals surface area contributed by atoms with Crippen LogP contribution in [0.3, 0.4) is 0 Å². The van der Waals surface area contributed by atoms with Crippen molar-refractivity contribution in [2.45, 2.75) is 13.0 Å². The lowest BCUT2D eigenvalue weighted by molar-refractivity contribution is 0.281. The van der Waals surface area contributed by atoms with Crippen molar-refractivity contribution >= 4 is 17.0 Å². The average molecular weight is 286 g/mol. The molecule has 1 fully saturated rings. The maximum Gasteiger partial charge on any atom is 0.0366 e. The summed E-state index contributed by atoms with van der Waals surface area (Å²) in [6.45, 7) is 4.67. The van der Waals surface area contributed by atoms with Crippen molar-refractivity contribution in [2.75, 3.05) is 31.6 Å². The van der Waals surface area contributed by atoms with Crippen molar-refractivity contribution < 1.29 is 0 Å². The Morgan fingerprint density at radius 2 is 2.05 bits per heavy atom. The predicted octanol–water partition coefficient (Wildman–Crippen LogP) is 3.71. The van der Waals surface area contributed by atoms with Gasteiger partial charge < -0.3 is 9.80 Å². The van der Waals surface area contributed by atoms with Gasteiger partial charge in [0.05, 0.1) is 0 Å². The number of hydrogen-bond donors (Lipinski definition) is 0. The Kier molecular flexibility index (Phi) is 4.38. The van der Waals surface area contributed by atoms with Gasteiger partial charge in [-0.25, -0.2) is 0 Å². The van der Waals surface area contributed by atoms with Crippen LogP contribution in [-0.2, 0) is 6.54 Å². The number of thiophene rings is 1. The lowest BCUT2D eigenvalue weighted by atomic mass is 10.1. The van der Waals surface area contributed by atoms with Gasteiger partial charge in [0.1, 0.15) is 0 Å². The van der Waals surface area contributed by atoms with Crippen LogP contribution < -0.4 is 4.90 Å². The number of hydrogen-bond acceptors (Lipinski definition) is 3. The molecular formula is C17H22N2S. The maximum atomic E-state index is 2.52. The second kappa shape index (κ2) is 6.42. The van der Waals surface area contributed by atoms with Crippen LogP contribution in [0.15, 0.2) is 47.8 Å². The van der Waals surface area contributed by atoms with Crippen molar-refractivity contribution in [2.24, 2.45) is 5.92 Å². The molecular weight excluding hydrogens is 264 g/mol. The van der Waals surface area contributed by atoms with Crippen LogP contribution >= 0.6 is 11.3 Å². The van der Waals surface area contributed by atoms with E-state index in [4.69, 9.17) is 0 Å². The van der Waals surface area contributed by atoms with Crippen LogP contribution in [0.4, 0.5) is 5.69 Å².